The Bertz CT molecular complexity index is 869. The average molecular weight is 347 g/mol. The molecule has 1 heterocycles. The van der Waals surface area contributed by atoms with Crippen molar-refractivity contribution in [2.45, 2.75) is 6.04 Å². The van der Waals surface area contributed by atoms with Crippen LogP contribution in [0.5, 0.6) is 0 Å². The molecule has 3 rings (SSSR count). The van der Waals surface area contributed by atoms with Crippen LogP contribution in [0.1, 0.15) is 22.0 Å². The molecule has 0 aliphatic carbocycles. The highest BCUT2D eigenvalue weighted by atomic mass is 32.1. The summed E-state index contributed by atoms with van der Waals surface area (Å²) >= 11 is 1.62. The van der Waals surface area contributed by atoms with Crippen molar-refractivity contribution in [3.05, 3.63) is 88.1 Å². The first-order chi connectivity index (χ1) is 12.3. The maximum absolute atomic E-state index is 12.4. The van der Waals surface area contributed by atoms with Gasteiger partial charge in [0.05, 0.1) is 24.2 Å². The Kier molecular flexibility index (Phi) is 5.45. The summed E-state index contributed by atoms with van der Waals surface area (Å²) < 4.78 is 0. The van der Waals surface area contributed by atoms with Gasteiger partial charge in [-0.15, -0.1) is 11.3 Å². The smallest absolute Gasteiger partial charge is 0.240 e. The van der Waals surface area contributed by atoms with Crippen LogP contribution in [0.2, 0.25) is 0 Å². The lowest BCUT2D eigenvalue weighted by Gasteiger charge is -2.18. The Morgan fingerprint density at radius 3 is 2.64 bits per heavy atom. The van der Waals surface area contributed by atoms with Crippen LogP contribution < -0.4 is 10.6 Å². The van der Waals surface area contributed by atoms with Crippen LogP contribution >= 0.6 is 11.3 Å². The van der Waals surface area contributed by atoms with Crippen molar-refractivity contribution >= 4 is 22.9 Å². The van der Waals surface area contributed by atoms with Crippen molar-refractivity contribution in [1.82, 2.24) is 5.32 Å². The third-order valence-corrected chi connectivity index (χ3v) is 4.65. The topological polar surface area (TPSA) is 64.9 Å². The molecule has 1 aromatic heterocycles. The van der Waals surface area contributed by atoms with E-state index in [0.717, 1.165) is 16.1 Å². The lowest BCUT2D eigenvalue weighted by molar-refractivity contribution is -0.119. The van der Waals surface area contributed by atoms with Gasteiger partial charge in [-0.05, 0) is 35.2 Å². The number of carbonyl (C=O) groups excluding carboxylic acids is 1. The van der Waals surface area contributed by atoms with Gasteiger partial charge in [0.2, 0.25) is 5.91 Å². The molecule has 25 heavy (non-hydrogen) atoms. The van der Waals surface area contributed by atoms with E-state index in [9.17, 15) is 4.79 Å². The van der Waals surface area contributed by atoms with Crippen molar-refractivity contribution in [1.29, 1.82) is 5.26 Å². The largest absolute Gasteiger partial charge is 0.376 e. The lowest BCUT2D eigenvalue weighted by Crippen LogP contribution is -2.33. The highest BCUT2D eigenvalue weighted by molar-refractivity contribution is 7.10. The molecule has 2 aromatic carbocycles. The fourth-order valence-corrected chi connectivity index (χ4v) is 3.32. The maximum Gasteiger partial charge on any atom is 0.240 e. The quantitative estimate of drug-likeness (QED) is 0.710. The van der Waals surface area contributed by atoms with E-state index < -0.39 is 0 Å². The normalized spacial score (nSPS) is 11.3. The highest BCUT2D eigenvalue weighted by Crippen LogP contribution is 2.25. The molecule has 4 nitrogen and oxygen atoms in total. The number of nitrogens with one attached hydrogen (secondary N) is 2. The first-order valence-electron chi connectivity index (χ1n) is 7.88. The second-order valence-corrected chi connectivity index (χ2v) is 6.45. The molecule has 0 bridgehead atoms. The third kappa shape index (κ3) is 4.46. The molecule has 0 aliphatic heterocycles. The van der Waals surface area contributed by atoms with Gasteiger partial charge >= 0.3 is 0 Å². The fraction of sp³-hybridized carbons (Fsp3) is 0.100. The number of hydrogen-bond acceptors (Lipinski definition) is 4. The zero-order chi connectivity index (χ0) is 17.5. The van der Waals surface area contributed by atoms with E-state index in [-0.39, 0.29) is 18.5 Å². The Morgan fingerprint density at radius 2 is 1.92 bits per heavy atom. The van der Waals surface area contributed by atoms with Gasteiger partial charge in [0.15, 0.2) is 0 Å². The van der Waals surface area contributed by atoms with Gasteiger partial charge in [-0.3, -0.25) is 4.79 Å². The minimum absolute atomic E-state index is 0.107. The molecular weight excluding hydrogens is 330 g/mol. The minimum atomic E-state index is -0.166. The molecule has 5 heteroatoms. The molecule has 0 radical (unpaired) electrons. The zero-order valence-corrected chi connectivity index (χ0v) is 14.3. The zero-order valence-electron chi connectivity index (χ0n) is 13.5. The molecule has 124 valence electrons. The summed E-state index contributed by atoms with van der Waals surface area (Å²) in [6.07, 6.45) is 0. The van der Waals surface area contributed by atoms with Crippen LogP contribution in [0.25, 0.3) is 0 Å². The van der Waals surface area contributed by atoms with Crippen LogP contribution in [0.3, 0.4) is 0 Å². The van der Waals surface area contributed by atoms with Gasteiger partial charge in [0, 0.05) is 10.6 Å². The number of nitriles is 1. The number of carbonyl (C=O) groups is 1. The van der Waals surface area contributed by atoms with E-state index in [0.29, 0.717) is 5.56 Å². The standard InChI is InChI=1S/C20H17N3OS/c21-13-15-6-4-9-17(12-15)22-14-19(24)23-20(18-10-5-11-25-18)16-7-2-1-3-8-16/h1-12,20,22H,14H2,(H,23,24). The summed E-state index contributed by atoms with van der Waals surface area (Å²) in [6.45, 7) is 0.142. The summed E-state index contributed by atoms with van der Waals surface area (Å²) in [5.41, 5.74) is 2.36. The van der Waals surface area contributed by atoms with Gasteiger partial charge in [-0.2, -0.15) is 5.26 Å². The van der Waals surface area contributed by atoms with Crippen LogP contribution in [0.15, 0.2) is 72.1 Å². The number of amides is 1. The maximum atomic E-state index is 12.4. The average Bonchev–Trinajstić information content (AvgIpc) is 3.20. The van der Waals surface area contributed by atoms with E-state index in [1.54, 1.807) is 29.5 Å². The molecule has 0 spiro atoms. The van der Waals surface area contributed by atoms with Crippen LogP contribution in [0, 0.1) is 11.3 Å². The number of anilines is 1. The number of benzene rings is 2. The number of hydrogen-bond donors (Lipinski definition) is 2. The van der Waals surface area contributed by atoms with Gasteiger partial charge < -0.3 is 10.6 Å². The SMILES string of the molecule is N#Cc1cccc(NCC(=O)NC(c2ccccc2)c2cccs2)c1. The highest BCUT2D eigenvalue weighted by Gasteiger charge is 2.17. The van der Waals surface area contributed by atoms with Crippen LogP contribution in [-0.2, 0) is 4.79 Å². The monoisotopic (exact) mass is 347 g/mol. The predicted octanol–water partition coefficient (Wildman–Crippen LogP) is 3.94. The van der Waals surface area contributed by atoms with Crippen molar-refractivity contribution in [2.24, 2.45) is 0 Å². The van der Waals surface area contributed by atoms with Gasteiger partial charge in [0.1, 0.15) is 0 Å². The summed E-state index contributed by atoms with van der Waals surface area (Å²) in [4.78, 5) is 13.5. The third-order valence-electron chi connectivity index (χ3n) is 3.71. The van der Waals surface area contributed by atoms with Gasteiger partial charge in [-0.25, -0.2) is 0 Å². The molecule has 3 aromatic rings. The molecule has 0 saturated heterocycles. The molecule has 0 saturated carbocycles. The predicted molar refractivity (Wildman–Crippen MR) is 100 cm³/mol. The van der Waals surface area contributed by atoms with Crippen molar-refractivity contribution in [3.8, 4) is 6.07 Å². The molecule has 1 unspecified atom stereocenters. The number of rotatable bonds is 6. The van der Waals surface area contributed by atoms with E-state index >= 15 is 0 Å². The summed E-state index contributed by atoms with van der Waals surface area (Å²) in [7, 11) is 0. The summed E-state index contributed by atoms with van der Waals surface area (Å²) in [5.74, 6) is -0.107. The van der Waals surface area contributed by atoms with Crippen LogP contribution in [-0.4, -0.2) is 12.5 Å². The second kappa shape index (κ2) is 8.13. The van der Waals surface area contributed by atoms with Gasteiger partial charge in [-0.1, -0.05) is 42.5 Å². The van der Waals surface area contributed by atoms with Crippen molar-refractivity contribution in [3.63, 3.8) is 0 Å². The number of nitrogens with zero attached hydrogens (tertiary/aromatic N) is 1. The lowest BCUT2D eigenvalue weighted by atomic mass is 10.1. The Balaban J connectivity index is 1.67. The van der Waals surface area contributed by atoms with E-state index in [1.807, 2.05) is 53.9 Å². The van der Waals surface area contributed by atoms with Gasteiger partial charge in [0.25, 0.3) is 0 Å². The first kappa shape index (κ1) is 16.7. The fourth-order valence-electron chi connectivity index (χ4n) is 2.51. The summed E-state index contributed by atoms with van der Waals surface area (Å²) in [5, 5.41) is 17.1. The first-order valence-corrected chi connectivity index (χ1v) is 8.76. The van der Waals surface area contributed by atoms with E-state index in [4.69, 9.17) is 5.26 Å². The van der Waals surface area contributed by atoms with E-state index in [2.05, 4.69) is 16.7 Å². The molecule has 0 fully saturated rings. The molecule has 1 atom stereocenters. The molecule has 1 amide bonds. The minimum Gasteiger partial charge on any atom is -0.376 e. The Labute approximate surface area is 150 Å². The molecular formula is C20H17N3OS. The van der Waals surface area contributed by atoms with E-state index in [1.165, 1.54) is 0 Å². The molecule has 0 aliphatic rings. The second-order valence-electron chi connectivity index (χ2n) is 5.47. The Hall–Kier alpha value is -3.10. The van der Waals surface area contributed by atoms with Crippen molar-refractivity contribution < 1.29 is 4.79 Å². The Morgan fingerprint density at radius 1 is 1.08 bits per heavy atom. The molecule has 2 N–H and O–H groups in total. The summed E-state index contributed by atoms with van der Waals surface area (Å²) in [6, 6.07) is 22.9. The van der Waals surface area contributed by atoms with Crippen molar-refractivity contribution in [2.75, 3.05) is 11.9 Å². The number of thiophene rings is 1. The van der Waals surface area contributed by atoms with Crippen LogP contribution in [0.4, 0.5) is 5.69 Å².